The fraction of sp³-hybridized carbons (Fsp3) is 0.455. The average molecular weight is 610 g/mol. The molecule has 44 heavy (non-hydrogen) atoms. The number of esters is 2. The van der Waals surface area contributed by atoms with Crippen molar-refractivity contribution in [3.8, 4) is 11.5 Å². The summed E-state index contributed by atoms with van der Waals surface area (Å²) >= 11 is 0. The molecule has 0 amide bonds. The van der Waals surface area contributed by atoms with E-state index >= 15 is 0 Å². The minimum Gasteiger partial charge on any atom is -0.490 e. The van der Waals surface area contributed by atoms with Crippen LogP contribution in [0.2, 0.25) is 0 Å². The van der Waals surface area contributed by atoms with Crippen molar-refractivity contribution in [3.05, 3.63) is 69.0 Å². The molecular formula is C33H39NO10. The molecular weight excluding hydrogens is 570 g/mol. The van der Waals surface area contributed by atoms with Crippen molar-refractivity contribution in [2.45, 2.75) is 71.7 Å². The van der Waals surface area contributed by atoms with Crippen LogP contribution in [0.25, 0.3) is 10.9 Å². The first-order chi connectivity index (χ1) is 21.2. The number of Topliss-reactive ketones (excluding diaryl/α,β-unsaturated/α-hetero) is 1. The summed E-state index contributed by atoms with van der Waals surface area (Å²) in [5.74, 6) is -3.22. The smallest absolute Gasteiger partial charge is 0.380 e. The van der Waals surface area contributed by atoms with Gasteiger partial charge in [0.1, 0.15) is 29.9 Å². The molecule has 0 bridgehead atoms. The lowest BCUT2D eigenvalue weighted by atomic mass is 9.94. The molecule has 3 aromatic rings. The summed E-state index contributed by atoms with van der Waals surface area (Å²) in [6.07, 6.45) is 1.00. The van der Waals surface area contributed by atoms with Gasteiger partial charge in [0.25, 0.3) is 0 Å². The summed E-state index contributed by atoms with van der Waals surface area (Å²) in [5, 5.41) is 11.2. The number of nitrogens with one attached hydrogen (secondary N) is 1. The summed E-state index contributed by atoms with van der Waals surface area (Å²) in [5.41, 5.74) is 1.93. The molecule has 0 saturated heterocycles. The maximum Gasteiger partial charge on any atom is 0.380 e. The first-order valence-electron chi connectivity index (χ1n) is 15.0. The van der Waals surface area contributed by atoms with Crippen molar-refractivity contribution in [1.29, 1.82) is 0 Å². The maximum atomic E-state index is 13.1. The first kappa shape index (κ1) is 32.7. The Morgan fingerprint density at radius 1 is 1.00 bits per heavy atom. The van der Waals surface area contributed by atoms with Crippen molar-refractivity contribution >= 4 is 28.6 Å². The van der Waals surface area contributed by atoms with Gasteiger partial charge in [-0.1, -0.05) is 38.8 Å². The van der Waals surface area contributed by atoms with Gasteiger partial charge in [-0.2, -0.15) is 0 Å². The number of ether oxygens (including phenoxy) is 5. The Kier molecular flexibility index (Phi) is 10.8. The number of fused-ring (bicyclic) bond motifs is 2. The van der Waals surface area contributed by atoms with Crippen LogP contribution >= 0.6 is 0 Å². The van der Waals surface area contributed by atoms with Gasteiger partial charge in [-0.05, 0) is 50.5 Å². The lowest BCUT2D eigenvalue weighted by Crippen LogP contribution is -2.53. The third kappa shape index (κ3) is 6.95. The van der Waals surface area contributed by atoms with E-state index in [2.05, 4.69) is 4.98 Å². The first-order valence-corrected chi connectivity index (χ1v) is 15.0. The number of carbonyl (C=O) groups is 3. The highest BCUT2D eigenvalue weighted by Crippen LogP contribution is 2.38. The Balaban J connectivity index is 1.55. The van der Waals surface area contributed by atoms with E-state index in [-0.39, 0.29) is 42.5 Å². The van der Waals surface area contributed by atoms with Gasteiger partial charge in [-0.15, -0.1) is 0 Å². The normalized spacial score (nSPS) is 16.6. The van der Waals surface area contributed by atoms with Crippen LogP contribution in [0, 0.1) is 0 Å². The molecule has 2 N–H and O–H groups in total. The van der Waals surface area contributed by atoms with Crippen LogP contribution in [0.15, 0.2) is 41.2 Å². The van der Waals surface area contributed by atoms with Gasteiger partial charge in [0.15, 0.2) is 11.2 Å². The average Bonchev–Trinajstić information content (AvgIpc) is 3.00. The fourth-order valence-electron chi connectivity index (χ4n) is 5.17. The van der Waals surface area contributed by atoms with E-state index in [1.807, 2.05) is 19.9 Å². The van der Waals surface area contributed by atoms with Crippen LogP contribution < -0.4 is 14.9 Å². The number of hydrogen-bond donors (Lipinski definition) is 2. The minimum absolute atomic E-state index is 0.0299. The molecule has 1 aliphatic heterocycles. The number of aromatic nitrogens is 1. The Bertz CT molecular complexity index is 1580. The number of para-hydroxylation sites is 1. The molecule has 0 fully saturated rings. The number of hydrogen-bond acceptors (Lipinski definition) is 10. The van der Waals surface area contributed by atoms with Gasteiger partial charge in [0.05, 0.1) is 37.3 Å². The van der Waals surface area contributed by atoms with Crippen molar-refractivity contribution in [1.82, 2.24) is 4.98 Å². The fourth-order valence-corrected chi connectivity index (χ4v) is 5.17. The van der Waals surface area contributed by atoms with Gasteiger partial charge in [-0.3, -0.25) is 9.59 Å². The van der Waals surface area contributed by atoms with E-state index in [1.165, 1.54) is 6.07 Å². The molecule has 1 aliphatic rings. The zero-order valence-corrected chi connectivity index (χ0v) is 25.5. The van der Waals surface area contributed by atoms with Crippen LogP contribution in [0.1, 0.15) is 78.9 Å². The SMILES string of the molecule is CCCc1cccc2c1OC(OCC(O)COc1ccc3c(=O)cc(C(=O)OCC)[nH]c3c1CCC)(C(=O)OCC)CC2=O. The molecule has 2 heterocycles. The number of pyridine rings is 1. The highest BCUT2D eigenvalue weighted by molar-refractivity contribution is 6.03. The summed E-state index contributed by atoms with van der Waals surface area (Å²) in [6.45, 7) is 6.82. The molecule has 236 valence electrons. The predicted molar refractivity (Wildman–Crippen MR) is 161 cm³/mol. The van der Waals surface area contributed by atoms with E-state index in [0.717, 1.165) is 12.0 Å². The topological polar surface area (TPSA) is 150 Å². The van der Waals surface area contributed by atoms with Gasteiger partial charge >= 0.3 is 17.7 Å². The number of carbonyl (C=O) groups excluding carboxylic acids is 3. The lowest BCUT2D eigenvalue weighted by Gasteiger charge is -2.36. The van der Waals surface area contributed by atoms with Gasteiger partial charge in [0.2, 0.25) is 0 Å². The number of H-pyrrole nitrogens is 1. The number of aliphatic hydroxyl groups excluding tert-OH is 1. The number of benzene rings is 2. The van der Waals surface area contributed by atoms with Gasteiger partial charge in [-0.25, -0.2) is 9.59 Å². The van der Waals surface area contributed by atoms with E-state index in [9.17, 15) is 24.3 Å². The van der Waals surface area contributed by atoms with Crippen LogP contribution in [0.3, 0.4) is 0 Å². The van der Waals surface area contributed by atoms with Crippen molar-refractivity contribution < 1.29 is 43.2 Å². The van der Waals surface area contributed by atoms with E-state index < -0.39 is 36.9 Å². The second kappa shape index (κ2) is 14.5. The molecule has 1 aromatic heterocycles. The third-order valence-corrected chi connectivity index (χ3v) is 7.17. The zero-order valence-electron chi connectivity index (χ0n) is 25.5. The van der Waals surface area contributed by atoms with Gasteiger partial charge < -0.3 is 33.8 Å². The molecule has 2 atom stereocenters. The summed E-state index contributed by atoms with van der Waals surface area (Å²) < 4.78 is 28.2. The van der Waals surface area contributed by atoms with Crippen molar-refractivity contribution in [2.75, 3.05) is 26.4 Å². The van der Waals surface area contributed by atoms with Crippen LogP contribution in [0.4, 0.5) is 0 Å². The van der Waals surface area contributed by atoms with E-state index in [4.69, 9.17) is 23.7 Å². The standard InChI is InChI=1S/C33H39NO10/c1-5-10-20-12-9-13-23-27(37)17-33(44-30(20)23,32(39)41-8-4)43-19-21(35)18-42-28-15-14-22-26(36)16-25(31(38)40-7-3)34-29(22)24(28)11-6-2/h9,12-16,21,35H,5-8,10-11,17-19H2,1-4H3,(H,34,36). The van der Waals surface area contributed by atoms with Crippen LogP contribution in [-0.2, 0) is 31.8 Å². The Morgan fingerprint density at radius 2 is 1.75 bits per heavy atom. The molecule has 11 heteroatoms. The monoisotopic (exact) mass is 609 g/mol. The molecule has 2 unspecified atom stereocenters. The largest absolute Gasteiger partial charge is 0.490 e. The second-order valence-corrected chi connectivity index (χ2v) is 10.5. The number of aryl methyl sites for hydroxylation is 2. The zero-order chi connectivity index (χ0) is 31.9. The molecule has 2 aromatic carbocycles. The van der Waals surface area contributed by atoms with Crippen LogP contribution in [0.5, 0.6) is 11.5 Å². The molecule has 0 radical (unpaired) electrons. The highest BCUT2D eigenvalue weighted by atomic mass is 16.7. The predicted octanol–water partition coefficient (Wildman–Crippen LogP) is 4.29. The number of aliphatic hydroxyl groups is 1. The van der Waals surface area contributed by atoms with E-state index in [1.54, 1.807) is 38.1 Å². The molecule has 11 nitrogen and oxygen atoms in total. The summed E-state index contributed by atoms with van der Waals surface area (Å²) in [6, 6.07) is 9.68. The van der Waals surface area contributed by atoms with E-state index in [0.29, 0.717) is 47.0 Å². The number of rotatable bonds is 14. The molecule has 4 rings (SSSR count). The molecule has 0 spiro atoms. The minimum atomic E-state index is -2.07. The summed E-state index contributed by atoms with van der Waals surface area (Å²) in [4.78, 5) is 54.4. The van der Waals surface area contributed by atoms with Crippen molar-refractivity contribution in [2.24, 2.45) is 0 Å². The Morgan fingerprint density at radius 3 is 2.45 bits per heavy atom. The Hall–Kier alpha value is -4.22. The number of ketones is 1. The number of aromatic amines is 1. The maximum absolute atomic E-state index is 13.1. The van der Waals surface area contributed by atoms with Gasteiger partial charge in [0, 0.05) is 17.0 Å². The summed E-state index contributed by atoms with van der Waals surface area (Å²) in [7, 11) is 0. The third-order valence-electron chi connectivity index (χ3n) is 7.17. The lowest BCUT2D eigenvalue weighted by molar-refractivity contribution is -0.224. The Labute approximate surface area is 255 Å². The van der Waals surface area contributed by atoms with Crippen molar-refractivity contribution in [3.63, 3.8) is 0 Å². The highest BCUT2D eigenvalue weighted by Gasteiger charge is 2.51. The molecule has 0 aliphatic carbocycles. The quantitative estimate of drug-likeness (QED) is 0.253. The molecule has 0 saturated carbocycles. The van der Waals surface area contributed by atoms with Crippen LogP contribution in [-0.4, -0.2) is 66.1 Å². The second-order valence-electron chi connectivity index (χ2n) is 10.5.